The molecule has 0 saturated heterocycles. The van der Waals surface area contributed by atoms with Crippen molar-refractivity contribution in [2.45, 2.75) is 46.2 Å². The molecule has 2 aromatic rings. The first kappa shape index (κ1) is 18.0. The number of phenols is 1. The van der Waals surface area contributed by atoms with Crippen molar-refractivity contribution < 1.29 is 19.4 Å². The van der Waals surface area contributed by atoms with E-state index in [0.29, 0.717) is 11.1 Å². The van der Waals surface area contributed by atoms with Gasteiger partial charge in [-0.1, -0.05) is 27.2 Å². The predicted molar refractivity (Wildman–Crippen MR) is 91.2 cm³/mol. The highest BCUT2D eigenvalue weighted by Crippen LogP contribution is 2.29. The van der Waals surface area contributed by atoms with Gasteiger partial charge in [-0.15, -0.1) is 0 Å². The molecule has 0 unspecified atom stereocenters. The number of benzene rings is 1. The molecule has 1 aromatic heterocycles. The van der Waals surface area contributed by atoms with Gasteiger partial charge >= 0.3 is 11.6 Å². The van der Waals surface area contributed by atoms with Crippen molar-refractivity contribution in [2.24, 2.45) is 5.92 Å². The van der Waals surface area contributed by atoms with Crippen LogP contribution in [0.4, 0.5) is 0 Å². The van der Waals surface area contributed by atoms with E-state index >= 15 is 0 Å². The summed E-state index contributed by atoms with van der Waals surface area (Å²) < 4.78 is 5.31. The van der Waals surface area contributed by atoms with Crippen molar-refractivity contribution in [1.29, 1.82) is 0 Å². The highest BCUT2D eigenvalue weighted by atomic mass is 16.4. The van der Waals surface area contributed by atoms with E-state index in [1.54, 1.807) is 26.0 Å². The fourth-order valence-electron chi connectivity index (χ4n) is 2.80. The van der Waals surface area contributed by atoms with Crippen molar-refractivity contribution in [3.8, 4) is 5.75 Å². The second-order valence-electron chi connectivity index (χ2n) is 6.22. The fraction of sp³-hybridized carbons (Fsp3) is 0.444. The normalized spacial score (nSPS) is 12.7. The number of nitrogens with one attached hydrogen (secondary N) is 1. The third-order valence-electron chi connectivity index (χ3n) is 4.03. The van der Waals surface area contributed by atoms with Crippen LogP contribution in [0.1, 0.15) is 38.3 Å². The second kappa shape index (κ2) is 7.49. The maximum absolute atomic E-state index is 11.8. The Morgan fingerprint density at radius 3 is 2.62 bits per heavy atom. The second-order valence-corrected chi connectivity index (χ2v) is 6.22. The van der Waals surface area contributed by atoms with E-state index in [2.05, 4.69) is 5.32 Å². The summed E-state index contributed by atoms with van der Waals surface area (Å²) in [6.45, 7) is 5.71. The summed E-state index contributed by atoms with van der Waals surface area (Å²) in [4.78, 5) is 23.1. The van der Waals surface area contributed by atoms with Gasteiger partial charge in [-0.05, 0) is 30.0 Å². The molecule has 6 heteroatoms. The first-order valence-corrected chi connectivity index (χ1v) is 8.08. The molecule has 0 aliphatic rings. The Morgan fingerprint density at radius 2 is 2.04 bits per heavy atom. The summed E-state index contributed by atoms with van der Waals surface area (Å²) in [5.74, 6) is -1.11. The van der Waals surface area contributed by atoms with Crippen LogP contribution >= 0.6 is 0 Å². The zero-order valence-corrected chi connectivity index (χ0v) is 14.1. The molecule has 1 heterocycles. The highest BCUT2D eigenvalue weighted by molar-refractivity contribution is 5.85. The molecule has 0 saturated carbocycles. The van der Waals surface area contributed by atoms with Gasteiger partial charge in [-0.2, -0.15) is 0 Å². The number of hydrogen-bond acceptors (Lipinski definition) is 5. The van der Waals surface area contributed by atoms with Crippen molar-refractivity contribution in [1.82, 2.24) is 5.32 Å². The number of aromatic hydroxyl groups is 1. The van der Waals surface area contributed by atoms with E-state index in [0.717, 1.165) is 23.8 Å². The van der Waals surface area contributed by atoms with Crippen LogP contribution in [0.2, 0.25) is 0 Å². The van der Waals surface area contributed by atoms with Crippen molar-refractivity contribution >= 4 is 16.9 Å². The number of rotatable bonds is 7. The van der Waals surface area contributed by atoms with Crippen LogP contribution in [0, 0.1) is 5.92 Å². The molecule has 0 aliphatic heterocycles. The minimum Gasteiger partial charge on any atom is -0.507 e. The predicted octanol–water partition coefficient (Wildman–Crippen LogP) is 2.65. The highest BCUT2D eigenvalue weighted by Gasteiger charge is 2.22. The summed E-state index contributed by atoms with van der Waals surface area (Å²) >= 11 is 0. The smallest absolute Gasteiger partial charge is 0.336 e. The minimum atomic E-state index is -0.960. The SMILES string of the molecule is CCCc1cc(=O)oc2c(CN[C@H](C(=O)O)C(C)C)c(O)ccc12. The monoisotopic (exact) mass is 333 g/mol. The van der Waals surface area contributed by atoms with Gasteiger partial charge in [0.05, 0.1) is 5.56 Å². The number of fused-ring (bicyclic) bond motifs is 1. The average molecular weight is 333 g/mol. The van der Waals surface area contributed by atoms with Gasteiger partial charge in [-0.3, -0.25) is 10.1 Å². The molecule has 0 spiro atoms. The van der Waals surface area contributed by atoms with Crippen LogP contribution in [-0.4, -0.2) is 22.2 Å². The van der Waals surface area contributed by atoms with Crippen molar-refractivity contribution in [2.75, 3.05) is 0 Å². The molecular formula is C18H23NO5. The molecule has 130 valence electrons. The van der Waals surface area contributed by atoms with Gasteiger partial charge < -0.3 is 14.6 Å². The summed E-state index contributed by atoms with van der Waals surface area (Å²) in [6, 6.07) is 3.97. The third-order valence-corrected chi connectivity index (χ3v) is 4.03. The first-order chi connectivity index (χ1) is 11.3. The van der Waals surface area contributed by atoms with Crippen LogP contribution in [-0.2, 0) is 17.8 Å². The first-order valence-electron chi connectivity index (χ1n) is 8.08. The lowest BCUT2D eigenvalue weighted by Crippen LogP contribution is -2.40. The summed E-state index contributed by atoms with van der Waals surface area (Å²) in [5, 5.41) is 23.1. The quantitative estimate of drug-likeness (QED) is 0.674. The Balaban J connectivity index is 2.47. The van der Waals surface area contributed by atoms with Gasteiger partial charge in [0.15, 0.2) is 0 Å². The Morgan fingerprint density at radius 1 is 1.33 bits per heavy atom. The van der Waals surface area contributed by atoms with Crippen LogP contribution in [0.25, 0.3) is 11.0 Å². The lowest BCUT2D eigenvalue weighted by molar-refractivity contribution is -0.140. The largest absolute Gasteiger partial charge is 0.507 e. The number of phenolic OH excluding ortho intramolecular Hbond substituents is 1. The Bertz CT molecular complexity index is 794. The molecule has 0 amide bonds. The number of aliphatic carboxylic acids is 1. The molecule has 0 aliphatic carbocycles. The van der Waals surface area contributed by atoms with Gasteiger partial charge in [0.25, 0.3) is 0 Å². The molecular weight excluding hydrogens is 310 g/mol. The topological polar surface area (TPSA) is 99.8 Å². The minimum absolute atomic E-state index is 0.0281. The van der Waals surface area contributed by atoms with Crippen LogP contribution in [0.15, 0.2) is 27.4 Å². The molecule has 0 fully saturated rings. The lowest BCUT2D eigenvalue weighted by Gasteiger charge is -2.19. The molecule has 1 atom stereocenters. The van der Waals surface area contributed by atoms with E-state index in [9.17, 15) is 19.8 Å². The average Bonchev–Trinajstić information content (AvgIpc) is 2.49. The molecule has 24 heavy (non-hydrogen) atoms. The summed E-state index contributed by atoms with van der Waals surface area (Å²) in [5.41, 5.74) is 1.10. The Labute approximate surface area is 140 Å². The molecule has 3 N–H and O–H groups in total. The van der Waals surface area contributed by atoms with Crippen LogP contribution < -0.4 is 10.9 Å². The number of carbonyl (C=O) groups is 1. The fourth-order valence-corrected chi connectivity index (χ4v) is 2.80. The van der Waals surface area contributed by atoms with E-state index < -0.39 is 17.6 Å². The zero-order valence-electron chi connectivity index (χ0n) is 14.1. The standard InChI is InChI=1S/C18H23NO5/c1-4-5-11-8-15(21)24-17-12(11)6-7-14(20)13(17)9-19-16(10(2)3)18(22)23/h6-8,10,16,19-20H,4-5,9H2,1-3H3,(H,22,23)/t16-/m0/s1. The number of carboxylic acid groups (broad SMARTS) is 1. The molecule has 0 radical (unpaired) electrons. The Hall–Kier alpha value is -2.34. The van der Waals surface area contributed by atoms with Crippen molar-refractivity contribution in [3.05, 3.63) is 39.7 Å². The summed E-state index contributed by atoms with van der Waals surface area (Å²) in [7, 11) is 0. The molecule has 6 nitrogen and oxygen atoms in total. The number of carboxylic acids is 1. The van der Waals surface area contributed by atoms with Crippen LogP contribution in [0.5, 0.6) is 5.75 Å². The van der Waals surface area contributed by atoms with Gasteiger partial charge in [0, 0.05) is 18.0 Å². The van der Waals surface area contributed by atoms with E-state index in [1.165, 1.54) is 6.07 Å². The van der Waals surface area contributed by atoms with Gasteiger partial charge in [0.1, 0.15) is 17.4 Å². The number of hydrogen-bond donors (Lipinski definition) is 3. The maximum Gasteiger partial charge on any atom is 0.336 e. The zero-order chi connectivity index (χ0) is 17.9. The maximum atomic E-state index is 11.8. The van der Waals surface area contributed by atoms with E-state index in [4.69, 9.17) is 4.42 Å². The van der Waals surface area contributed by atoms with E-state index in [1.807, 2.05) is 6.92 Å². The Kier molecular flexibility index (Phi) is 5.62. The molecule has 1 aromatic carbocycles. The summed E-state index contributed by atoms with van der Waals surface area (Å²) in [6.07, 6.45) is 1.60. The van der Waals surface area contributed by atoms with Crippen molar-refractivity contribution in [3.63, 3.8) is 0 Å². The third kappa shape index (κ3) is 3.76. The molecule has 2 rings (SSSR count). The van der Waals surface area contributed by atoms with Crippen LogP contribution in [0.3, 0.4) is 0 Å². The lowest BCUT2D eigenvalue weighted by atomic mass is 10.0. The van der Waals surface area contributed by atoms with Gasteiger partial charge in [-0.25, -0.2) is 4.79 Å². The van der Waals surface area contributed by atoms with E-state index in [-0.39, 0.29) is 18.2 Å². The van der Waals surface area contributed by atoms with Gasteiger partial charge in [0.2, 0.25) is 0 Å². The molecule has 0 bridgehead atoms. The number of aryl methyl sites for hydroxylation is 1.